The molecule has 1 amide bonds. The van der Waals surface area contributed by atoms with E-state index in [9.17, 15) is 4.79 Å². The Bertz CT molecular complexity index is 804. The number of para-hydroxylation sites is 1. The van der Waals surface area contributed by atoms with Crippen LogP contribution in [0, 0.1) is 0 Å². The summed E-state index contributed by atoms with van der Waals surface area (Å²) in [6.45, 7) is 3.95. The van der Waals surface area contributed by atoms with Crippen molar-refractivity contribution in [2.45, 2.75) is 25.9 Å². The number of anilines is 1. The Morgan fingerprint density at radius 3 is 2.84 bits per heavy atom. The van der Waals surface area contributed by atoms with Gasteiger partial charge in [0.15, 0.2) is 18.1 Å². The van der Waals surface area contributed by atoms with Gasteiger partial charge < -0.3 is 19.5 Å². The highest BCUT2D eigenvalue weighted by Crippen LogP contribution is 2.41. The van der Waals surface area contributed by atoms with Crippen LogP contribution in [0.4, 0.5) is 5.69 Å². The number of carbonyl (C=O) groups is 1. The molecule has 0 atom stereocenters. The molecule has 3 rings (SSSR count). The van der Waals surface area contributed by atoms with E-state index in [2.05, 4.69) is 21.2 Å². The highest BCUT2D eigenvalue weighted by Gasteiger charge is 2.32. The number of ether oxygens (including phenoxy) is 3. The molecular formula is C19H20BrNO4. The average molecular weight is 406 g/mol. The maximum Gasteiger partial charge on any atom is 0.262 e. The minimum absolute atomic E-state index is 0.115. The van der Waals surface area contributed by atoms with Gasteiger partial charge in [-0.05, 0) is 38.1 Å². The lowest BCUT2D eigenvalue weighted by Crippen LogP contribution is -2.25. The Labute approximate surface area is 155 Å². The summed E-state index contributed by atoms with van der Waals surface area (Å²) in [7, 11) is 1.56. The third kappa shape index (κ3) is 4.07. The van der Waals surface area contributed by atoms with E-state index in [0.29, 0.717) is 17.2 Å². The zero-order valence-electron chi connectivity index (χ0n) is 14.4. The molecule has 0 radical (unpaired) electrons. The standard InChI is InChI=1S/C19H20BrNO4/c1-19(2)10-12-5-4-6-16(18(12)25-19)24-11-17(22)21-14-9-13(20)7-8-15(14)23-3/h4-9H,10-11H2,1-3H3,(H,21,22). The van der Waals surface area contributed by atoms with Crippen molar-refractivity contribution in [3.05, 3.63) is 46.4 Å². The minimum Gasteiger partial charge on any atom is -0.495 e. The lowest BCUT2D eigenvalue weighted by molar-refractivity contribution is -0.118. The first-order chi connectivity index (χ1) is 11.9. The van der Waals surface area contributed by atoms with Gasteiger partial charge in [-0.3, -0.25) is 4.79 Å². The van der Waals surface area contributed by atoms with E-state index in [4.69, 9.17) is 14.2 Å². The first-order valence-corrected chi connectivity index (χ1v) is 8.74. The molecule has 25 heavy (non-hydrogen) atoms. The number of hydrogen-bond donors (Lipinski definition) is 1. The zero-order valence-corrected chi connectivity index (χ0v) is 16.0. The second kappa shape index (κ2) is 6.96. The number of halogens is 1. The Morgan fingerprint density at radius 1 is 1.28 bits per heavy atom. The molecule has 0 fully saturated rings. The van der Waals surface area contributed by atoms with Gasteiger partial charge in [-0.2, -0.15) is 0 Å². The highest BCUT2D eigenvalue weighted by atomic mass is 79.9. The van der Waals surface area contributed by atoms with Crippen LogP contribution in [-0.2, 0) is 11.2 Å². The number of amides is 1. The van der Waals surface area contributed by atoms with Crippen LogP contribution in [0.5, 0.6) is 17.2 Å². The third-order valence-corrected chi connectivity index (χ3v) is 4.34. The maximum absolute atomic E-state index is 12.2. The van der Waals surface area contributed by atoms with Crippen LogP contribution in [0.1, 0.15) is 19.4 Å². The monoisotopic (exact) mass is 405 g/mol. The van der Waals surface area contributed by atoms with Crippen LogP contribution in [0.25, 0.3) is 0 Å². The van der Waals surface area contributed by atoms with Crippen molar-refractivity contribution in [1.29, 1.82) is 0 Å². The summed E-state index contributed by atoms with van der Waals surface area (Å²) >= 11 is 3.38. The number of nitrogens with one attached hydrogen (secondary N) is 1. The quantitative estimate of drug-likeness (QED) is 0.809. The number of hydrogen-bond acceptors (Lipinski definition) is 4. The predicted octanol–water partition coefficient (Wildman–Crippen LogP) is 4.19. The number of fused-ring (bicyclic) bond motifs is 1. The molecule has 6 heteroatoms. The molecule has 2 aromatic rings. The van der Waals surface area contributed by atoms with Gasteiger partial charge in [0.2, 0.25) is 0 Å². The first-order valence-electron chi connectivity index (χ1n) is 7.95. The van der Waals surface area contributed by atoms with E-state index in [1.807, 2.05) is 38.1 Å². The smallest absolute Gasteiger partial charge is 0.262 e. The summed E-state index contributed by atoms with van der Waals surface area (Å²) in [5.74, 6) is 1.62. The fraction of sp³-hybridized carbons (Fsp3) is 0.316. The van der Waals surface area contributed by atoms with Crippen molar-refractivity contribution in [3.63, 3.8) is 0 Å². The summed E-state index contributed by atoms with van der Waals surface area (Å²) in [6.07, 6.45) is 0.820. The molecule has 5 nitrogen and oxygen atoms in total. The topological polar surface area (TPSA) is 56.8 Å². The molecule has 1 aliphatic rings. The summed E-state index contributed by atoms with van der Waals surface area (Å²) < 4.78 is 17.7. The van der Waals surface area contributed by atoms with Crippen LogP contribution >= 0.6 is 15.9 Å². The zero-order chi connectivity index (χ0) is 18.0. The number of rotatable bonds is 5. The van der Waals surface area contributed by atoms with E-state index >= 15 is 0 Å². The number of methoxy groups -OCH3 is 1. The van der Waals surface area contributed by atoms with Crippen molar-refractivity contribution >= 4 is 27.5 Å². The molecular weight excluding hydrogens is 386 g/mol. The maximum atomic E-state index is 12.2. The lowest BCUT2D eigenvalue weighted by atomic mass is 10.0. The second-order valence-electron chi connectivity index (χ2n) is 6.46. The lowest BCUT2D eigenvalue weighted by Gasteiger charge is -2.18. The summed E-state index contributed by atoms with van der Waals surface area (Å²) in [5, 5.41) is 2.80. The highest BCUT2D eigenvalue weighted by molar-refractivity contribution is 9.10. The molecule has 132 valence electrons. The molecule has 2 aromatic carbocycles. The van der Waals surface area contributed by atoms with Crippen molar-refractivity contribution in [2.24, 2.45) is 0 Å². The molecule has 0 saturated carbocycles. The summed E-state index contributed by atoms with van der Waals surface area (Å²) in [4.78, 5) is 12.2. The molecule has 1 aliphatic heterocycles. The molecule has 1 N–H and O–H groups in total. The van der Waals surface area contributed by atoms with Gasteiger partial charge >= 0.3 is 0 Å². The molecule has 0 spiro atoms. The number of carbonyl (C=O) groups excluding carboxylic acids is 1. The molecule has 0 aromatic heterocycles. The molecule has 1 heterocycles. The van der Waals surface area contributed by atoms with Crippen LogP contribution < -0.4 is 19.5 Å². The van der Waals surface area contributed by atoms with E-state index < -0.39 is 0 Å². The molecule has 0 bridgehead atoms. The second-order valence-corrected chi connectivity index (χ2v) is 7.38. The first kappa shape index (κ1) is 17.6. The van der Waals surface area contributed by atoms with Crippen molar-refractivity contribution in [3.8, 4) is 17.2 Å². The normalized spacial score (nSPS) is 14.4. The van der Waals surface area contributed by atoms with Gasteiger partial charge in [0.05, 0.1) is 12.8 Å². The molecule has 0 saturated heterocycles. The summed E-state index contributed by atoms with van der Waals surface area (Å²) in [6, 6.07) is 11.1. The third-order valence-electron chi connectivity index (χ3n) is 3.85. The summed E-state index contributed by atoms with van der Waals surface area (Å²) in [5.41, 5.74) is 1.42. The fourth-order valence-electron chi connectivity index (χ4n) is 2.81. The molecule has 0 unspecified atom stereocenters. The van der Waals surface area contributed by atoms with Crippen molar-refractivity contribution in [2.75, 3.05) is 19.0 Å². The van der Waals surface area contributed by atoms with Crippen molar-refractivity contribution < 1.29 is 19.0 Å². The van der Waals surface area contributed by atoms with Gasteiger partial charge in [0, 0.05) is 16.5 Å². The van der Waals surface area contributed by atoms with E-state index in [1.54, 1.807) is 19.2 Å². The van der Waals surface area contributed by atoms with E-state index in [0.717, 1.165) is 22.2 Å². The largest absolute Gasteiger partial charge is 0.495 e. The van der Waals surface area contributed by atoms with Crippen LogP contribution in [0.3, 0.4) is 0 Å². The Hall–Kier alpha value is -2.21. The Balaban J connectivity index is 1.67. The number of benzene rings is 2. The van der Waals surface area contributed by atoms with E-state index in [1.165, 1.54) is 0 Å². The average Bonchev–Trinajstić information content (AvgIpc) is 2.87. The Kier molecular flexibility index (Phi) is 4.90. The van der Waals surface area contributed by atoms with Gasteiger partial charge in [0.1, 0.15) is 11.4 Å². The van der Waals surface area contributed by atoms with E-state index in [-0.39, 0.29) is 18.1 Å². The molecule has 0 aliphatic carbocycles. The van der Waals surface area contributed by atoms with Crippen LogP contribution in [-0.4, -0.2) is 25.2 Å². The SMILES string of the molecule is COc1ccc(Br)cc1NC(=O)COc1cccc2c1OC(C)(C)C2. The van der Waals surface area contributed by atoms with Gasteiger partial charge in [-0.15, -0.1) is 0 Å². The van der Waals surface area contributed by atoms with Crippen LogP contribution in [0.2, 0.25) is 0 Å². The van der Waals surface area contributed by atoms with Crippen molar-refractivity contribution in [1.82, 2.24) is 0 Å². The minimum atomic E-state index is -0.272. The van der Waals surface area contributed by atoms with Gasteiger partial charge in [-0.25, -0.2) is 0 Å². The predicted molar refractivity (Wildman–Crippen MR) is 99.7 cm³/mol. The van der Waals surface area contributed by atoms with Crippen LogP contribution in [0.15, 0.2) is 40.9 Å². The fourth-order valence-corrected chi connectivity index (χ4v) is 3.17. The van der Waals surface area contributed by atoms with Gasteiger partial charge in [-0.1, -0.05) is 28.1 Å². The van der Waals surface area contributed by atoms with Gasteiger partial charge in [0.25, 0.3) is 5.91 Å². The Morgan fingerprint density at radius 2 is 2.08 bits per heavy atom.